The molecule has 23 heavy (non-hydrogen) atoms. The van der Waals surface area contributed by atoms with Crippen LogP contribution >= 0.6 is 11.6 Å². The van der Waals surface area contributed by atoms with E-state index in [2.05, 4.69) is 5.32 Å². The van der Waals surface area contributed by atoms with E-state index >= 15 is 0 Å². The predicted octanol–water partition coefficient (Wildman–Crippen LogP) is 1.89. The van der Waals surface area contributed by atoms with Crippen molar-refractivity contribution in [1.82, 2.24) is 5.32 Å². The Hall–Kier alpha value is -1.79. The van der Waals surface area contributed by atoms with Gasteiger partial charge in [0.2, 0.25) is 5.91 Å². The van der Waals surface area contributed by atoms with Gasteiger partial charge in [0, 0.05) is 12.1 Å². The number of carboxylic acid groups (broad SMARTS) is 1. The van der Waals surface area contributed by atoms with E-state index < -0.39 is 17.4 Å². The summed E-state index contributed by atoms with van der Waals surface area (Å²) in [5, 5.41) is 12.4. The molecule has 1 aliphatic heterocycles. The minimum atomic E-state index is -0.998. The summed E-state index contributed by atoms with van der Waals surface area (Å²) in [7, 11) is 1.47. The van der Waals surface area contributed by atoms with E-state index in [0.29, 0.717) is 11.4 Å². The first-order chi connectivity index (χ1) is 10.8. The average Bonchev–Trinajstić information content (AvgIpc) is 2.45. The lowest BCUT2D eigenvalue weighted by molar-refractivity contribution is -0.140. The van der Waals surface area contributed by atoms with Crippen molar-refractivity contribution in [2.45, 2.75) is 25.3 Å². The van der Waals surface area contributed by atoms with Crippen molar-refractivity contribution in [2.24, 2.45) is 5.92 Å². The molecule has 1 aromatic rings. The largest absolute Gasteiger partial charge is 0.492 e. The van der Waals surface area contributed by atoms with Crippen molar-refractivity contribution in [3.63, 3.8) is 0 Å². The Morgan fingerprint density at radius 2 is 2.26 bits per heavy atom. The molecule has 2 unspecified atom stereocenters. The Labute approximate surface area is 139 Å². The number of hydrogen-bond acceptors (Lipinski definition) is 4. The zero-order valence-electron chi connectivity index (χ0n) is 13.1. The SMILES string of the molecule is COCC(C)(CC(=O)O)NC(=O)C1COc2ccc(Cl)cc2C1. The van der Waals surface area contributed by atoms with Crippen LogP contribution in [0.15, 0.2) is 18.2 Å². The Morgan fingerprint density at radius 1 is 1.52 bits per heavy atom. The topological polar surface area (TPSA) is 84.9 Å². The summed E-state index contributed by atoms with van der Waals surface area (Å²) in [6.45, 7) is 2.01. The normalized spacial score (nSPS) is 19.2. The van der Waals surface area contributed by atoms with E-state index in [1.807, 2.05) is 0 Å². The second-order valence-corrected chi connectivity index (χ2v) is 6.45. The van der Waals surface area contributed by atoms with Crippen LogP contribution in [-0.4, -0.2) is 42.8 Å². The third kappa shape index (κ3) is 4.59. The Bertz CT molecular complexity index is 606. The third-order valence-electron chi connectivity index (χ3n) is 3.73. The lowest BCUT2D eigenvalue weighted by Gasteiger charge is -2.32. The van der Waals surface area contributed by atoms with Crippen molar-refractivity contribution in [3.8, 4) is 5.75 Å². The summed E-state index contributed by atoms with van der Waals surface area (Å²) in [6.07, 6.45) is 0.278. The fourth-order valence-corrected chi connectivity index (χ4v) is 2.91. The molecule has 0 saturated heterocycles. The molecule has 0 saturated carbocycles. The number of carbonyl (C=O) groups is 2. The van der Waals surface area contributed by atoms with Crippen molar-refractivity contribution < 1.29 is 24.2 Å². The summed E-state index contributed by atoms with van der Waals surface area (Å²) in [4.78, 5) is 23.5. The zero-order valence-corrected chi connectivity index (χ0v) is 13.9. The minimum absolute atomic E-state index is 0.112. The van der Waals surface area contributed by atoms with Gasteiger partial charge in [0.15, 0.2) is 0 Å². The first-order valence-corrected chi connectivity index (χ1v) is 7.65. The van der Waals surface area contributed by atoms with Crippen LogP contribution in [0.3, 0.4) is 0 Å². The van der Waals surface area contributed by atoms with Gasteiger partial charge in [-0.25, -0.2) is 0 Å². The molecule has 2 N–H and O–H groups in total. The molecule has 0 aliphatic carbocycles. The maximum atomic E-state index is 12.5. The fraction of sp³-hybridized carbons (Fsp3) is 0.500. The van der Waals surface area contributed by atoms with Gasteiger partial charge in [-0.3, -0.25) is 9.59 Å². The molecule has 2 atom stereocenters. The highest BCUT2D eigenvalue weighted by atomic mass is 35.5. The molecule has 0 aromatic heterocycles. The first-order valence-electron chi connectivity index (χ1n) is 7.27. The van der Waals surface area contributed by atoms with Crippen LogP contribution in [0, 0.1) is 5.92 Å². The second-order valence-electron chi connectivity index (χ2n) is 6.02. The Balaban J connectivity index is 2.07. The molecule has 0 spiro atoms. The number of aliphatic carboxylic acids is 1. The number of nitrogens with one attached hydrogen (secondary N) is 1. The molecule has 1 aliphatic rings. The Morgan fingerprint density at radius 3 is 2.91 bits per heavy atom. The number of carbonyl (C=O) groups excluding carboxylic acids is 1. The van der Waals surface area contributed by atoms with Gasteiger partial charge in [0.1, 0.15) is 12.4 Å². The molecule has 1 aromatic carbocycles. The first kappa shape index (κ1) is 17.6. The maximum absolute atomic E-state index is 12.5. The number of benzene rings is 1. The molecule has 7 heteroatoms. The summed E-state index contributed by atoms with van der Waals surface area (Å²) < 4.78 is 10.6. The summed E-state index contributed by atoms with van der Waals surface area (Å²) in [5.74, 6) is -0.923. The molecule has 6 nitrogen and oxygen atoms in total. The molecule has 1 heterocycles. The van der Waals surface area contributed by atoms with E-state index in [0.717, 1.165) is 11.3 Å². The van der Waals surface area contributed by atoms with Gasteiger partial charge in [0.05, 0.1) is 24.5 Å². The lowest BCUT2D eigenvalue weighted by atomic mass is 9.93. The van der Waals surface area contributed by atoms with Gasteiger partial charge in [0.25, 0.3) is 0 Å². The smallest absolute Gasteiger partial charge is 0.305 e. The second kappa shape index (κ2) is 7.19. The van der Waals surface area contributed by atoms with Crippen LogP contribution < -0.4 is 10.1 Å². The summed E-state index contributed by atoms with van der Waals surface area (Å²) >= 11 is 5.97. The molecule has 0 fully saturated rings. The van der Waals surface area contributed by atoms with Crippen molar-refractivity contribution in [1.29, 1.82) is 0 Å². The number of fused-ring (bicyclic) bond motifs is 1. The molecule has 2 rings (SSSR count). The number of methoxy groups -OCH3 is 1. The van der Waals surface area contributed by atoms with Crippen LogP contribution in [-0.2, 0) is 20.7 Å². The van der Waals surface area contributed by atoms with Crippen LogP contribution in [0.5, 0.6) is 5.75 Å². The van der Waals surface area contributed by atoms with E-state index in [4.69, 9.17) is 26.2 Å². The molecular formula is C16H20ClNO5. The van der Waals surface area contributed by atoms with E-state index in [1.54, 1.807) is 25.1 Å². The molecular weight excluding hydrogens is 322 g/mol. The van der Waals surface area contributed by atoms with Crippen molar-refractivity contribution in [3.05, 3.63) is 28.8 Å². The number of rotatable bonds is 6. The summed E-state index contributed by atoms with van der Waals surface area (Å²) in [5.41, 5.74) is -0.0951. The van der Waals surface area contributed by atoms with Gasteiger partial charge in [-0.1, -0.05) is 11.6 Å². The predicted molar refractivity (Wildman–Crippen MR) is 84.8 cm³/mol. The Kier molecular flexibility index (Phi) is 5.49. The number of hydrogen-bond donors (Lipinski definition) is 2. The van der Waals surface area contributed by atoms with Crippen molar-refractivity contribution in [2.75, 3.05) is 20.3 Å². The third-order valence-corrected chi connectivity index (χ3v) is 3.96. The maximum Gasteiger partial charge on any atom is 0.305 e. The van der Waals surface area contributed by atoms with Crippen LogP contribution in [0.1, 0.15) is 18.9 Å². The van der Waals surface area contributed by atoms with E-state index in [1.165, 1.54) is 7.11 Å². The van der Waals surface area contributed by atoms with Crippen molar-refractivity contribution >= 4 is 23.5 Å². The number of carboxylic acids is 1. The van der Waals surface area contributed by atoms with Crippen LogP contribution in [0.4, 0.5) is 0 Å². The fourth-order valence-electron chi connectivity index (χ4n) is 2.71. The molecule has 126 valence electrons. The van der Waals surface area contributed by atoms with Gasteiger partial charge in [-0.05, 0) is 37.1 Å². The quantitative estimate of drug-likeness (QED) is 0.825. The minimum Gasteiger partial charge on any atom is -0.492 e. The van der Waals surface area contributed by atoms with E-state index in [9.17, 15) is 9.59 Å². The van der Waals surface area contributed by atoms with Gasteiger partial charge in [-0.2, -0.15) is 0 Å². The monoisotopic (exact) mass is 341 g/mol. The lowest BCUT2D eigenvalue weighted by Crippen LogP contribution is -2.53. The standard InChI is InChI=1S/C16H20ClNO5/c1-16(9-22-2,7-14(19)20)18-15(21)11-5-10-6-12(17)3-4-13(10)23-8-11/h3-4,6,11H,5,7-9H2,1-2H3,(H,18,21)(H,19,20). The number of amides is 1. The summed E-state index contributed by atoms with van der Waals surface area (Å²) in [6, 6.07) is 5.30. The van der Waals surface area contributed by atoms with Gasteiger partial charge < -0.3 is 19.9 Å². The average molecular weight is 342 g/mol. The van der Waals surface area contributed by atoms with E-state index in [-0.39, 0.29) is 25.5 Å². The highest BCUT2D eigenvalue weighted by molar-refractivity contribution is 6.30. The highest BCUT2D eigenvalue weighted by Gasteiger charge is 2.34. The number of ether oxygens (including phenoxy) is 2. The molecule has 0 bridgehead atoms. The van der Waals surface area contributed by atoms with Gasteiger partial charge in [-0.15, -0.1) is 0 Å². The molecule has 1 amide bonds. The highest BCUT2D eigenvalue weighted by Crippen LogP contribution is 2.30. The molecule has 0 radical (unpaired) electrons. The van der Waals surface area contributed by atoms with Crippen LogP contribution in [0.25, 0.3) is 0 Å². The zero-order chi connectivity index (χ0) is 17.0. The van der Waals surface area contributed by atoms with Gasteiger partial charge >= 0.3 is 5.97 Å². The van der Waals surface area contributed by atoms with Crippen LogP contribution in [0.2, 0.25) is 5.02 Å². The number of halogens is 1.